The van der Waals surface area contributed by atoms with Crippen LogP contribution in [0.15, 0.2) is 18.2 Å². The third-order valence-electron chi connectivity index (χ3n) is 3.94. The molecule has 0 saturated carbocycles. The summed E-state index contributed by atoms with van der Waals surface area (Å²) in [5.41, 5.74) is 0.747. The van der Waals surface area contributed by atoms with Crippen molar-refractivity contribution in [3.05, 3.63) is 34.6 Å². The topological polar surface area (TPSA) is 15.3 Å². The summed E-state index contributed by atoms with van der Waals surface area (Å²) in [7, 11) is 0. The quantitative estimate of drug-likeness (QED) is 0.803. The van der Waals surface area contributed by atoms with Crippen molar-refractivity contribution in [2.75, 3.05) is 19.6 Å². The van der Waals surface area contributed by atoms with Crippen molar-refractivity contribution >= 4 is 11.6 Å². The van der Waals surface area contributed by atoms with E-state index in [2.05, 4.69) is 17.1 Å². The smallest absolute Gasteiger partial charge is 0.129 e. The maximum absolute atomic E-state index is 13.9. The molecule has 0 bridgehead atoms. The van der Waals surface area contributed by atoms with Gasteiger partial charge in [-0.2, -0.15) is 0 Å². The zero-order valence-corrected chi connectivity index (χ0v) is 12.9. The van der Waals surface area contributed by atoms with Crippen molar-refractivity contribution in [1.29, 1.82) is 0 Å². The highest BCUT2D eigenvalue weighted by Crippen LogP contribution is 2.22. The van der Waals surface area contributed by atoms with E-state index < -0.39 is 0 Å². The summed E-state index contributed by atoms with van der Waals surface area (Å²) in [6, 6.07) is 5.51. The molecule has 2 rings (SSSR count). The number of nitrogens with one attached hydrogen (secondary N) is 1. The first-order valence-electron chi connectivity index (χ1n) is 7.59. The first-order valence-corrected chi connectivity index (χ1v) is 7.97. The molecule has 1 atom stereocenters. The Morgan fingerprint density at radius 1 is 1.40 bits per heavy atom. The van der Waals surface area contributed by atoms with E-state index in [1.54, 1.807) is 6.07 Å². The third-order valence-corrected chi connectivity index (χ3v) is 4.18. The highest BCUT2D eigenvalue weighted by atomic mass is 35.5. The van der Waals surface area contributed by atoms with Crippen LogP contribution in [0, 0.1) is 5.82 Å². The first-order chi connectivity index (χ1) is 9.70. The average Bonchev–Trinajstić information content (AvgIpc) is 2.44. The molecule has 1 saturated heterocycles. The van der Waals surface area contributed by atoms with E-state index in [-0.39, 0.29) is 5.82 Å². The van der Waals surface area contributed by atoms with Crippen LogP contribution in [0.25, 0.3) is 0 Å². The molecule has 4 heteroatoms. The van der Waals surface area contributed by atoms with Crippen LogP contribution < -0.4 is 5.32 Å². The van der Waals surface area contributed by atoms with Crippen LogP contribution >= 0.6 is 11.6 Å². The van der Waals surface area contributed by atoms with Gasteiger partial charge in [-0.25, -0.2) is 4.39 Å². The molecule has 0 radical (unpaired) electrons. The number of likely N-dealkylation sites (tertiary alicyclic amines) is 1. The van der Waals surface area contributed by atoms with Gasteiger partial charge in [0.1, 0.15) is 5.82 Å². The van der Waals surface area contributed by atoms with E-state index in [1.807, 2.05) is 6.07 Å². The van der Waals surface area contributed by atoms with Crippen LogP contribution in [0.5, 0.6) is 0 Å². The molecule has 112 valence electrons. The van der Waals surface area contributed by atoms with Crippen LogP contribution in [0.3, 0.4) is 0 Å². The first kappa shape index (κ1) is 15.7. The second-order valence-corrected chi connectivity index (χ2v) is 6.00. The third kappa shape index (κ3) is 4.44. The van der Waals surface area contributed by atoms with Gasteiger partial charge in [0.15, 0.2) is 0 Å². The maximum atomic E-state index is 13.9. The maximum Gasteiger partial charge on any atom is 0.129 e. The highest BCUT2D eigenvalue weighted by molar-refractivity contribution is 6.30. The van der Waals surface area contributed by atoms with E-state index >= 15 is 0 Å². The fourth-order valence-corrected chi connectivity index (χ4v) is 2.97. The van der Waals surface area contributed by atoms with E-state index in [1.165, 1.54) is 25.3 Å². The van der Waals surface area contributed by atoms with Crippen LogP contribution in [0.4, 0.5) is 4.39 Å². The zero-order chi connectivity index (χ0) is 14.4. The molecule has 1 fully saturated rings. The Bertz CT molecular complexity index is 425. The molecule has 1 heterocycles. The van der Waals surface area contributed by atoms with Gasteiger partial charge in [0.25, 0.3) is 0 Å². The summed E-state index contributed by atoms with van der Waals surface area (Å²) in [5.74, 6) is -0.191. The van der Waals surface area contributed by atoms with Gasteiger partial charge in [-0.05, 0) is 44.5 Å². The molecule has 1 aliphatic rings. The van der Waals surface area contributed by atoms with Gasteiger partial charge in [0, 0.05) is 29.7 Å². The van der Waals surface area contributed by atoms with Crippen LogP contribution in [-0.4, -0.2) is 30.6 Å². The molecular weight excluding hydrogens is 275 g/mol. The van der Waals surface area contributed by atoms with Crippen molar-refractivity contribution in [3.63, 3.8) is 0 Å². The Labute approximate surface area is 126 Å². The Kier molecular flexibility index (Phi) is 6.27. The lowest BCUT2D eigenvalue weighted by molar-refractivity contribution is 0.136. The summed E-state index contributed by atoms with van der Waals surface area (Å²) in [5, 5.41) is 3.95. The summed E-state index contributed by atoms with van der Waals surface area (Å²) in [4.78, 5) is 2.40. The molecule has 0 aromatic heterocycles. The number of hydrogen-bond acceptors (Lipinski definition) is 2. The minimum Gasteiger partial charge on any atom is -0.315 e. The van der Waals surface area contributed by atoms with Gasteiger partial charge >= 0.3 is 0 Å². The minimum absolute atomic E-state index is 0.191. The second-order valence-electron chi connectivity index (χ2n) is 5.56. The molecule has 1 aromatic rings. The van der Waals surface area contributed by atoms with Crippen molar-refractivity contribution < 1.29 is 4.39 Å². The van der Waals surface area contributed by atoms with Crippen LogP contribution in [0.1, 0.15) is 38.2 Å². The van der Waals surface area contributed by atoms with Gasteiger partial charge in [0.05, 0.1) is 0 Å². The fraction of sp³-hybridized carbons (Fsp3) is 0.625. The van der Waals surface area contributed by atoms with Crippen molar-refractivity contribution in [3.8, 4) is 0 Å². The predicted molar refractivity (Wildman–Crippen MR) is 82.6 cm³/mol. The van der Waals surface area contributed by atoms with Gasteiger partial charge in [-0.15, -0.1) is 0 Å². The van der Waals surface area contributed by atoms with E-state index in [0.29, 0.717) is 17.6 Å². The lowest BCUT2D eigenvalue weighted by Crippen LogP contribution is -2.45. The summed E-state index contributed by atoms with van der Waals surface area (Å²) >= 11 is 5.81. The molecule has 1 aliphatic heterocycles. The lowest BCUT2D eigenvalue weighted by Gasteiger charge is -2.36. The van der Waals surface area contributed by atoms with E-state index in [9.17, 15) is 4.39 Å². The van der Waals surface area contributed by atoms with Crippen molar-refractivity contribution in [2.45, 2.75) is 45.2 Å². The number of nitrogens with zero attached hydrogens (tertiary/aromatic N) is 1. The fourth-order valence-electron chi connectivity index (χ4n) is 2.81. The Morgan fingerprint density at radius 2 is 2.25 bits per heavy atom. The van der Waals surface area contributed by atoms with Crippen LogP contribution in [-0.2, 0) is 6.54 Å². The van der Waals surface area contributed by atoms with Gasteiger partial charge in [-0.3, -0.25) is 4.90 Å². The summed E-state index contributed by atoms with van der Waals surface area (Å²) in [6.45, 7) is 5.97. The number of rotatable bonds is 6. The summed E-state index contributed by atoms with van der Waals surface area (Å²) in [6.07, 6.45) is 4.84. The molecule has 0 amide bonds. The minimum atomic E-state index is -0.191. The molecule has 2 nitrogen and oxygen atoms in total. The van der Waals surface area contributed by atoms with Crippen molar-refractivity contribution in [2.24, 2.45) is 0 Å². The largest absolute Gasteiger partial charge is 0.315 e. The summed E-state index contributed by atoms with van der Waals surface area (Å²) < 4.78 is 13.9. The Balaban J connectivity index is 1.97. The predicted octanol–water partition coefficient (Wildman–Crippen LogP) is 3.83. The number of hydrogen-bond donors (Lipinski definition) is 1. The molecule has 1 aromatic carbocycles. The van der Waals surface area contributed by atoms with Crippen LogP contribution in [0.2, 0.25) is 5.02 Å². The SMILES string of the molecule is CCCNCC1CCCCN1Cc1ccc(Cl)cc1F. The molecule has 0 aliphatic carbocycles. The van der Waals surface area contributed by atoms with E-state index in [4.69, 9.17) is 11.6 Å². The Hall–Kier alpha value is -0.640. The zero-order valence-electron chi connectivity index (χ0n) is 12.2. The molecular formula is C16H24ClFN2. The molecule has 1 N–H and O–H groups in total. The average molecular weight is 299 g/mol. The molecule has 1 unspecified atom stereocenters. The van der Waals surface area contributed by atoms with E-state index in [0.717, 1.165) is 31.6 Å². The number of piperidine rings is 1. The van der Waals surface area contributed by atoms with Gasteiger partial charge < -0.3 is 5.32 Å². The second kappa shape index (κ2) is 7.96. The number of benzene rings is 1. The number of halogens is 2. The highest BCUT2D eigenvalue weighted by Gasteiger charge is 2.22. The standard InChI is InChI=1S/C16H24ClFN2/c1-2-8-19-11-15-5-3-4-9-20(15)12-13-6-7-14(17)10-16(13)18/h6-7,10,15,19H,2-5,8-9,11-12H2,1H3. The monoisotopic (exact) mass is 298 g/mol. The Morgan fingerprint density at radius 3 is 3.00 bits per heavy atom. The lowest BCUT2D eigenvalue weighted by atomic mass is 10.0. The van der Waals surface area contributed by atoms with Gasteiger partial charge in [-0.1, -0.05) is 31.0 Å². The van der Waals surface area contributed by atoms with Gasteiger partial charge in [0.2, 0.25) is 0 Å². The normalized spacial score (nSPS) is 20.2. The van der Waals surface area contributed by atoms with Crippen molar-refractivity contribution in [1.82, 2.24) is 10.2 Å². The molecule has 0 spiro atoms. The molecule has 20 heavy (non-hydrogen) atoms.